The summed E-state index contributed by atoms with van der Waals surface area (Å²) >= 11 is 0. The van der Waals surface area contributed by atoms with E-state index in [1.54, 1.807) is 11.0 Å². The average Bonchev–Trinajstić information content (AvgIpc) is 3.07. The van der Waals surface area contributed by atoms with Gasteiger partial charge in [0.2, 0.25) is 10.0 Å². The molecule has 0 spiro atoms. The van der Waals surface area contributed by atoms with Gasteiger partial charge in [-0.15, -0.1) is 17.0 Å². The first-order chi connectivity index (χ1) is 16.6. The number of nitrogens with zero attached hydrogens (tertiary/aromatic N) is 3. The number of carbonyl (C=O) groups is 2. The van der Waals surface area contributed by atoms with Crippen molar-refractivity contribution in [3.63, 3.8) is 0 Å². The summed E-state index contributed by atoms with van der Waals surface area (Å²) in [6.07, 6.45) is 1.62. The smallest absolute Gasteiger partial charge is 0.318 e. The number of aryl methyl sites for hydroxylation is 1. The van der Waals surface area contributed by atoms with Crippen LogP contribution in [0.2, 0.25) is 0 Å². The molecule has 1 aliphatic rings. The second kappa shape index (κ2) is 11.3. The molecule has 0 radical (unpaired) electrons. The molecule has 202 valence electrons. The number of carboxylic acid groups (broad SMARTS) is 1. The molecule has 0 unspecified atom stereocenters. The number of hydrogen-bond donors (Lipinski definition) is 3. The molecule has 0 saturated carbocycles. The Morgan fingerprint density at radius 2 is 1.86 bits per heavy atom. The van der Waals surface area contributed by atoms with Crippen molar-refractivity contribution in [1.82, 2.24) is 14.2 Å². The first-order valence-corrected chi connectivity index (χ1v) is 13.4. The predicted octanol–water partition coefficient (Wildman–Crippen LogP) is 3.10. The highest BCUT2D eigenvalue weighted by molar-refractivity contribution is 8.93. The number of amidine groups is 1. The van der Waals surface area contributed by atoms with Crippen molar-refractivity contribution in [2.24, 2.45) is 0 Å². The van der Waals surface area contributed by atoms with Crippen LogP contribution in [0.3, 0.4) is 0 Å². The van der Waals surface area contributed by atoms with Crippen LogP contribution in [0.5, 0.6) is 5.75 Å². The zero-order chi connectivity index (χ0) is 27.0. The van der Waals surface area contributed by atoms with E-state index < -0.39 is 34.5 Å². The van der Waals surface area contributed by atoms with Crippen LogP contribution in [0, 0.1) is 5.41 Å². The van der Waals surface area contributed by atoms with Crippen molar-refractivity contribution >= 4 is 44.6 Å². The predicted molar refractivity (Wildman–Crippen MR) is 145 cm³/mol. The van der Waals surface area contributed by atoms with Gasteiger partial charge in [-0.1, -0.05) is 33.8 Å². The van der Waals surface area contributed by atoms with Gasteiger partial charge in [0.15, 0.2) is 5.78 Å². The van der Waals surface area contributed by atoms with Crippen molar-refractivity contribution in [2.75, 3.05) is 19.3 Å². The number of aromatic hydroxyl groups is 1. The summed E-state index contributed by atoms with van der Waals surface area (Å²) < 4.78 is 25.1. The Kier molecular flexibility index (Phi) is 9.26. The van der Waals surface area contributed by atoms with Gasteiger partial charge in [0, 0.05) is 41.0 Å². The Morgan fingerprint density at radius 3 is 2.41 bits per heavy atom. The van der Waals surface area contributed by atoms with Gasteiger partial charge in [-0.2, -0.15) is 4.31 Å². The number of ketones is 1. The quantitative estimate of drug-likeness (QED) is 0.373. The molecule has 37 heavy (non-hydrogen) atoms. The zero-order valence-electron chi connectivity index (χ0n) is 21.5. The number of rotatable bonds is 9. The highest BCUT2D eigenvalue weighted by atomic mass is 79.9. The molecular formula is C25H33BrN4O6S. The highest BCUT2D eigenvalue weighted by Crippen LogP contribution is 2.36. The summed E-state index contributed by atoms with van der Waals surface area (Å²) in [5, 5.41) is 28.6. The summed E-state index contributed by atoms with van der Waals surface area (Å²) in [4.78, 5) is 30.7. The lowest BCUT2D eigenvalue weighted by Crippen LogP contribution is -2.34. The lowest BCUT2D eigenvalue weighted by atomic mass is 9.83. The number of hydrogen-bond acceptors (Lipinski definition) is 7. The number of phenols is 1. The number of nitrogens with one attached hydrogen (secondary N) is 1. The molecule has 0 atom stereocenters. The molecule has 12 heteroatoms. The second-order valence-corrected chi connectivity index (χ2v) is 12.0. The summed E-state index contributed by atoms with van der Waals surface area (Å²) in [5.41, 5.74) is 2.50. The van der Waals surface area contributed by atoms with Gasteiger partial charge in [0.05, 0.1) is 12.8 Å². The minimum atomic E-state index is -3.91. The number of pyridine rings is 1. The number of benzene rings is 1. The third kappa shape index (κ3) is 6.93. The van der Waals surface area contributed by atoms with E-state index in [9.17, 15) is 23.1 Å². The summed E-state index contributed by atoms with van der Waals surface area (Å²) in [6, 6.07) is 6.79. The lowest BCUT2D eigenvalue weighted by Gasteiger charge is -2.25. The van der Waals surface area contributed by atoms with Crippen LogP contribution in [-0.4, -0.2) is 69.8 Å². The summed E-state index contributed by atoms with van der Waals surface area (Å²) in [7, 11) is -3.91. The number of aliphatic carboxylic acids is 1. The molecular weight excluding hydrogens is 564 g/mol. The fraction of sp³-hybridized carbons (Fsp3) is 0.440. The number of aromatic nitrogens is 1. The fourth-order valence-electron chi connectivity index (χ4n) is 4.07. The van der Waals surface area contributed by atoms with Crippen LogP contribution >= 0.6 is 17.0 Å². The highest BCUT2D eigenvalue weighted by Gasteiger charge is 2.30. The number of sulfonamides is 1. The maximum absolute atomic E-state index is 13.4. The fourth-order valence-corrected chi connectivity index (χ4v) is 4.79. The standard InChI is InChI=1S/C25H32N4O6S.BrH/c1-6-18-8-7-15-11-28(24(26)22(15)27-18)13-20(30)16-9-17(23(33)19(10-16)25(2,3)4)12-29(14-21(31)32)36(5,34)35;/h7-10,26,33H,6,11-14H2,1-5H3,(H,31,32);1H. The van der Waals surface area contributed by atoms with Gasteiger partial charge in [-0.25, -0.2) is 13.4 Å². The topological polar surface area (TPSA) is 152 Å². The first kappa shape index (κ1) is 30.4. The Labute approximate surface area is 227 Å². The minimum absolute atomic E-state index is 0. The van der Waals surface area contributed by atoms with Crippen molar-refractivity contribution in [1.29, 1.82) is 5.41 Å². The number of halogens is 1. The largest absolute Gasteiger partial charge is 0.507 e. The first-order valence-electron chi connectivity index (χ1n) is 11.5. The molecule has 2 heterocycles. The molecule has 0 saturated heterocycles. The van der Waals surface area contributed by atoms with E-state index in [0.717, 1.165) is 28.2 Å². The maximum Gasteiger partial charge on any atom is 0.318 e. The van der Waals surface area contributed by atoms with E-state index in [1.807, 2.05) is 39.8 Å². The number of phenolic OH excluding ortho intramolecular Hbond substituents is 1. The minimum Gasteiger partial charge on any atom is -0.507 e. The lowest BCUT2D eigenvalue weighted by molar-refractivity contribution is -0.137. The Hall–Kier alpha value is -2.83. The van der Waals surface area contributed by atoms with Crippen LogP contribution in [0.4, 0.5) is 0 Å². The van der Waals surface area contributed by atoms with E-state index in [2.05, 4.69) is 4.98 Å². The SMILES string of the molecule is Br.CCc1ccc2c(n1)C(=N)N(CC(=O)c1cc(CN(CC(=O)O)S(C)(=O)=O)c(O)c(C(C)(C)C)c1)C2. The third-order valence-electron chi connectivity index (χ3n) is 6.08. The van der Waals surface area contributed by atoms with Crippen molar-refractivity contribution in [3.05, 3.63) is 57.9 Å². The van der Waals surface area contributed by atoms with E-state index in [0.29, 0.717) is 17.8 Å². The van der Waals surface area contributed by atoms with Crippen molar-refractivity contribution in [2.45, 2.75) is 52.6 Å². The Balaban J connectivity index is 0.00000481. The Morgan fingerprint density at radius 1 is 1.22 bits per heavy atom. The molecule has 2 aromatic rings. The van der Waals surface area contributed by atoms with Gasteiger partial charge in [-0.05, 0) is 30.0 Å². The van der Waals surface area contributed by atoms with Gasteiger partial charge >= 0.3 is 5.97 Å². The molecule has 0 bridgehead atoms. The second-order valence-electron chi connectivity index (χ2n) is 10.00. The molecule has 0 aliphatic carbocycles. The number of carbonyl (C=O) groups excluding carboxylic acids is 1. The van der Waals surface area contributed by atoms with Crippen LogP contribution in [0.1, 0.15) is 66.1 Å². The molecule has 0 fully saturated rings. The van der Waals surface area contributed by atoms with Crippen LogP contribution < -0.4 is 0 Å². The van der Waals surface area contributed by atoms with Crippen LogP contribution in [0.15, 0.2) is 24.3 Å². The monoisotopic (exact) mass is 596 g/mol. The number of fused-ring (bicyclic) bond motifs is 1. The van der Waals surface area contributed by atoms with Gasteiger partial charge in [0.1, 0.15) is 23.8 Å². The van der Waals surface area contributed by atoms with Gasteiger partial charge in [0.25, 0.3) is 0 Å². The van der Waals surface area contributed by atoms with Crippen molar-refractivity contribution < 1.29 is 28.2 Å². The number of Topliss-reactive ketones (excluding diaryl/α,β-unsaturated/α-hetero) is 1. The van der Waals surface area contributed by atoms with E-state index in [1.165, 1.54) is 6.07 Å². The van der Waals surface area contributed by atoms with Crippen LogP contribution in [-0.2, 0) is 39.7 Å². The van der Waals surface area contributed by atoms with Crippen LogP contribution in [0.25, 0.3) is 0 Å². The van der Waals surface area contributed by atoms with Crippen molar-refractivity contribution in [3.8, 4) is 5.75 Å². The van der Waals surface area contributed by atoms with E-state index >= 15 is 0 Å². The average molecular weight is 598 g/mol. The Bertz CT molecular complexity index is 1340. The number of carboxylic acids is 1. The molecule has 3 rings (SSSR count). The molecule has 1 aliphatic heterocycles. The molecule has 1 aromatic carbocycles. The summed E-state index contributed by atoms with van der Waals surface area (Å²) in [6.45, 7) is 6.59. The molecule has 1 aromatic heterocycles. The van der Waals surface area contributed by atoms with E-state index in [4.69, 9.17) is 10.5 Å². The third-order valence-corrected chi connectivity index (χ3v) is 7.28. The summed E-state index contributed by atoms with van der Waals surface area (Å²) in [5.74, 6) is -1.68. The zero-order valence-corrected chi connectivity index (χ0v) is 24.1. The normalized spacial score (nSPS) is 13.5. The molecule has 0 amide bonds. The molecule has 10 nitrogen and oxygen atoms in total. The van der Waals surface area contributed by atoms with E-state index in [-0.39, 0.29) is 52.0 Å². The van der Waals surface area contributed by atoms with Gasteiger partial charge < -0.3 is 15.1 Å². The molecule has 3 N–H and O–H groups in total. The maximum atomic E-state index is 13.4. The van der Waals surface area contributed by atoms with Gasteiger partial charge in [-0.3, -0.25) is 15.0 Å².